The zero-order valence-corrected chi connectivity index (χ0v) is 16.2. The van der Waals surface area contributed by atoms with Crippen LogP contribution in [0.3, 0.4) is 0 Å². The third-order valence-corrected chi connectivity index (χ3v) is 6.53. The molecule has 28 heavy (non-hydrogen) atoms. The summed E-state index contributed by atoms with van der Waals surface area (Å²) in [7, 11) is -3.37. The number of halogens is 1. The molecule has 1 amide bonds. The van der Waals surface area contributed by atoms with E-state index in [0.29, 0.717) is 38.2 Å². The maximum atomic E-state index is 12.9. The molecule has 1 aliphatic rings. The smallest absolute Gasteiger partial charge is 0.251 e. The van der Waals surface area contributed by atoms with Gasteiger partial charge in [-0.2, -0.15) is 4.31 Å². The summed E-state index contributed by atoms with van der Waals surface area (Å²) in [6, 6.07) is 10.9. The predicted molar refractivity (Wildman–Crippen MR) is 105 cm³/mol. The van der Waals surface area contributed by atoms with Gasteiger partial charge < -0.3 is 10.2 Å². The molecule has 1 saturated heterocycles. The van der Waals surface area contributed by atoms with E-state index in [1.165, 1.54) is 28.6 Å². The number of nitrogens with zero attached hydrogens (tertiary/aromatic N) is 3. The first-order valence-corrected chi connectivity index (χ1v) is 10.7. The Kier molecular flexibility index (Phi) is 6.58. The van der Waals surface area contributed by atoms with Gasteiger partial charge >= 0.3 is 0 Å². The fraction of sp³-hybridized carbons (Fsp3) is 0.368. The molecular weight excluding hydrogens is 383 g/mol. The Morgan fingerprint density at radius 2 is 1.79 bits per heavy atom. The molecule has 0 unspecified atom stereocenters. The summed E-state index contributed by atoms with van der Waals surface area (Å²) >= 11 is 0. The number of piperazine rings is 1. The number of carbonyl (C=O) groups excluding carboxylic acids is 1. The van der Waals surface area contributed by atoms with Crippen molar-refractivity contribution in [1.82, 2.24) is 14.6 Å². The van der Waals surface area contributed by atoms with Crippen LogP contribution >= 0.6 is 0 Å². The largest absolute Gasteiger partial charge is 0.354 e. The van der Waals surface area contributed by atoms with Crippen molar-refractivity contribution in [3.63, 3.8) is 0 Å². The number of nitrogens with one attached hydrogen (secondary N) is 1. The number of benzene rings is 1. The molecule has 1 aliphatic heterocycles. The molecule has 1 aromatic heterocycles. The molecule has 1 fully saturated rings. The van der Waals surface area contributed by atoms with Crippen LogP contribution in [-0.4, -0.2) is 62.1 Å². The van der Waals surface area contributed by atoms with Gasteiger partial charge in [-0.3, -0.25) is 4.79 Å². The fourth-order valence-corrected chi connectivity index (χ4v) is 4.51. The highest BCUT2D eigenvalue weighted by Gasteiger charge is 2.26. The highest BCUT2D eigenvalue weighted by atomic mass is 32.2. The lowest BCUT2D eigenvalue weighted by molar-refractivity contribution is 0.0953. The van der Waals surface area contributed by atoms with Crippen LogP contribution in [0.1, 0.15) is 16.8 Å². The summed E-state index contributed by atoms with van der Waals surface area (Å²) in [5.41, 5.74) is 0.343. The van der Waals surface area contributed by atoms with Crippen LogP contribution in [0.2, 0.25) is 0 Å². The van der Waals surface area contributed by atoms with E-state index < -0.39 is 15.8 Å². The molecule has 0 aliphatic carbocycles. The van der Waals surface area contributed by atoms with E-state index in [4.69, 9.17) is 0 Å². The minimum absolute atomic E-state index is 0.0275. The fourth-order valence-electron chi connectivity index (χ4n) is 3.03. The van der Waals surface area contributed by atoms with Crippen molar-refractivity contribution in [2.24, 2.45) is 0 Å². The number of anilines is 1. The zero-order valence-electron chi connectivity index (χ0n) is 15.4. The molecule has 7 nitrogen and oxygen atoms in total. The zero-order chi connectivity index (χ0) is 20.0. The Balaban J connectivity index is 1.42. The standard InChI is InChI=1S/C19H23FN4O3S/c20-17-7-5-16(6-8-17)19(25)22-10-3-15-28(26,27)24-13-11-23(12-14-24)18-4-1-2-9-21-18/h1-2,4-9H,3,10-15H2,(H,22,25). The lowest BCUT2D eigenvalue weighted by Crippen LogP contribution is -2.49. The second-order valence-corrected chi connectivity index (χ2v) is 8.59. The number of carbonyl (C=O) groups is 1. The second-order valence-electron chi connectivity index (χ2n) is 6.51. The first kappa shape index (κ1) is 20.2. The predicted octanol–water partition coefficient (Wildman–Crippen LogP) is 1.49. The maximum absolute atomic E-state index is 12.9. The normalized spacial score (nSPS) is 15.4. The van der Waals surface area contributed by atoms with Crippen molar-refractivity contribution in [1.29, 1.82) is 0 Å². The Labute approximate surface area is 164 Å². The van der Waals surface area contributed by atoms with Crippen LogP contribution in [0.5, 0.6) is 0 Å². The number of hydrogen-bond acceptors (Lipinski definition) is 5. The second kappa shape index (κ2) is 9.11. The summed E-state index contributed by atoms with van der Waals surface area (Å²) in [6.45, 7) is 2.26. The molecule has 0 spiro atoms. The quantitative estimate of drug-likeness (QED) is 0.705. The number of aromatic nitrogens is 1. The molecule has 1 N–H and O–H groups in total. The summed E-state index contributed by atoms with van der Waals surface area (Å²) in [5, 5.41) is 2.66. The maximum Gasteiger partial charge on any atom is 0.251 e. The van der Waals surface area contributed by atoms with Gasteiger partial charge in [0.25, 0.3) is 5.91 Å². The molecule has 3 rings (SSSR count). The van der Waals surface area contributed by atoms with Crippen molar-refractivity contribution in [3.8, 4) is 0 Å². The van der Waals surface area contributed by atoms with Crippen molar-refractivity contribution in [3.05, 3.63) is 60.0 Å². The van der Waals surface area contributed by atoms with Crippen LogP contribution < -0.4 is 10.2 Å². The van der Waals surface area contributed by atoms with Gasteiger partial charge in [-0.15, -0.1) is 0 Å². The van der Waals surface area contributed by atoms with Crippen molar-refractivity contribution in [2.75, 3.05) is 43.4 Å². The Hall–Kier alpha value is -2.52. The summed E-state index contributed by atoms with van der Waals surface area (Å²) < 4.78 is 39.4. The highest BCUT2D eigenvalue weighted by Crippen LogP contribution is 2.15. The summed E-state index contributed by atoms with van der Waals surface area (Å²) in [6.07, 6.45) is 2.04. The van der Waals surface area contributed by atoms with Gasteiger partial charge in [-0.1, -0.05) is 6.07 Å². The number of sulfonamides is 1. The molecule has 0 saturated carbocycles. The first-order chi connectivity index (χ1) is 13.5. The molecule has 0 radical (unpaired) electrons. The molecule has 2 aromatic rings. The number of rotatable bonds is 7. The van der Waals surface area contributed by atoms with Gasteiger partial charge in [0.2, 0.25) is 10.0 Å². The van der Waals surface area contributed by atoms with Crippen LogP contribution in [0.25, 0.3) is 0 Å². The topological polar surface area (TPSA) is 82.6 Å². The molecule has 150 valence electrons. The van der Waals surface area contributed by atoms with Crippen LogP contribution in [-0.2, 0) is 10.0 Å². The van der Waals surface area contributed by atoms with Crippen molar-refractivity contribution in [2.45, 2.75) is 6.42 Å². The van der Waals surface area contributed by atoms with E-state index in [1.807, 2.05) is 18.2 Å². The summed E-state index contributed by atoms with van der Waals surface area (Å²) in [4.78, 5) is 18.3. The molecule has 0 bridgehead atoms. The van der Waals surface area contributed by atoms with Crippen LogP contribution in [0, 0.1) is 5.82 Å². The number of pyridine rings is 1. The monoisotopic (exact) mass is 406 g/mol. The minimum atomic E-state index is -3.37. The van der Waals surface area contributed by atoms with Gasteiger partial charge in [0, 0.05) is 44.5 Å². The third-order valence-electron chi connectivity index (χ3n) is 4.58. The Bertz CT molecular complexity index is 883. The average molecular weight is 406 g/mol. The van der Waals surface area contributed by atoms with Gasteiger partial charge in [0.15, 0.2) is 0 Å². The molecule has 9 heteroatoms. The lowest BCUT2D eigenvalue weighted by atomic mass is 10.2. The Morgan fingerprint density at radius 3 is 2.43 bits per heavy atom. The van der Waals surface area contributed by atoms with Crippen LogP contribution in [0.4, 0.5) is 10.2 Å². The minimum Gasteiger partial charge on any atom is -0.354 e. The van der Waals surface area contributed by atoms with E-state index in [0.717, 1.165) is 5.82 Å². The van der Waals surface area contributed by atoms with Crippen molar-refractivity contribution < 1.29 is 17.6 Å². The van der Waals surface area contributed by atoms with E-state index in [9.17, 15) is 17.6 Å². The summed E-state index contributed by atoms with van der Waals surface area (Å²) in [5.74, 6) is 0.0653. The molecular formula is C19H23FN4O3S. The molecule has 0 atom stereocenters. The van der Waals surface area contributed by atoms with E-state index in [-0.39, 0.29) is 18.2 Å². The number of hydrogen-bond donors (Lipinski definition) is 1. The van der Waals surface area contributed by atoms with Crippen molar-refractivity contribution >= 4 is 21.7 Å². The van der Waals surface area contributed by atoms with E-state index in [1.54, 1.807) is 6.20 Å². The first-order valence-electron chi connectivity index (χ1n) is 9.13. The Morgan fingerprint density at radius 1 is 1.07 bits per heavy atom. The number of amides is 1. The van der Waals surface area contributed by atoms with Crippen LogP contribution in [0.15, 0.2) is 48.7 Å². The SMILES string of the molecule is O=C(NCCCS(=O)(=O)N1CCN(c2ccccn2)CC1)c1ccc(F)cc1. The van der Waals surface area contributed by atoms with Gasteiger partial charge in [0.1, 0.15) is 11.6 Å². The average Bonchev–Trinajstić information content (AvgIpc) is 2.72. The van der Waals surface area contributed by atoms with Gasteiger partial charge in [-0.25, -0.2) is 17.8 Å². The van der Waals surface area contributed by atoms with E-state index >= 15 is 0 Å². The van der Waals surface area contributed by atoms with E-state index in [2.05, 4.69) is 15.2 Å². The van der Waals surface area contributed by atoms with Gasteiger partial charge in [0.05, 0.1) is 5.75 Å². The highest BCUT2D eigenvalue weighted by molar-refractivity contribution is 7.89. The molecule has 2 heterocycles. The van der Waals surface area contributed by atoms with Gasteiger partial charge in [-0.05, 0) is 42.8 Å². The molecule has 1 aromatic carbocycles. The third kappa shape index (κ3) is 5.26. The lowest BCUT2D eigenvalue weighted by Gasteiger charge is -2.34.